The molecule has 10 heavy (non-hydrogen) atoms. The van der Waals surface area contributed by atoms with E-state index in [1.165, 1.54) is 6.08 Å². The maximum absolute atomic E-state index is 9.07. The Labute approximate surface area is 64.6 Å². The van der Waals surface area contributed by atoms with Crippen LogP contribution in [-0.2, 0) is 0 Å². The summed E-state index contributed by atoms with van der Waals surface area (Å²) in [4.78, 5) is 0. The summed E-state index contributed by atoms with van der Waals surface area (Å²) in [5, 5.41) is 24.5. The lowest BCUT2D eigenvalue weighted by Gasteiger charge is -2.23. The van der Waals surface area contributed by atoms with Crippen molar-refractivity contribution in [1.29, 1.82) is 0 Å². The van der Waals surface area contributed by atoms with Crippen LogP contribution in [0, 0.1) is 0 Å². The van der Waals surface area contributed by atoms with Gasteiger partial charge in [0.05, 0.1) is 6.61 Å². The molecule has 0 saturated carbocycles. The van der Waals surface area contributed by atoms with E-state index in [9.17, 15) is 0 Å². The summed E-state index contributed by atoms with van der Waals surface area (Å²) in [5.74, 6) is 0. The Balaban J connectivity index is 3.94. The maximum atomic E-state index is 9.07. The van der Waals surface area contributed by atoms with Crippen molar-refractivity contribution in [3.63, 3.8) is 0 Å². The molecule has 0 aliphatic heterocycles. The summed E-state index contributed by atoms with van der Waals surface area (Å²) in [6.07, 6.45) is 0.0782. The first-order valence-electron chi connectivity index (χ1n) is 2.85. The van der Waals surface area contributed by atoms with Crippen molar-refractivity contribution in [2.75, 3.05) is 6.61 Å². The van der Waals surface area contributed by atoms with E-state index in [0.29, 0.717) is 0 Å². The smallest absolute Gasteiger partial charge is 0.170 e. The van der Waals surface area contributed by atoms with Crippen LogP contribution in [0.3, 0.4) is 0 Å². The summed E-state index contributed by atoms with van der Waals surface area (Å²) in [6.45, 7) is 2.76. The fourth-order valence-corrected chi connectivity index (χ4v) is 0.656. The normalized spacial score (nSPS) is 19.6. The first-order chi connectivity index (χ1) is 4.54. The van der Waals surface area contributed by atoms with Gasteiger partial charge in [-0.25, -0.2) is 0 Å². The van der Waals surface area contributed by atoms with Crippen molar-refractivity contribution in [3.05, 3.63) is 12.7 Å². The molecular weight excluding hydrogens is 156 g/mol. The van der Waals surface area contributed by atoms with E-state index in [-0.39, 0.29) is 6.42 Å². The molecule has 0 fully saturated rings. The van der Waals surface area contributed by atoms with Gasteiger partial charge >= 0.3 is 0 Å². The summed E-state index contributed by atoms with van der Waals surface area (Å²) in [7, 11) is 0. The quantitative estimate of drug-likeness (QED) is 0.402. The van der Waals surface area contributed by atoms with Gasteiger partial charge in [0.25, 0.3) is 0 Å². The number of alkyl halides is 1. The third-order valence-electron chi connectivity index (χ3n) is 1.11. The molecule has 0 aromatic heterocycles. The van der Waals surface area contributed by atoms with E-state index < -0.39 is 17.8 Å². The van der Waals surface area contributed by atoms with Gasteiger partial charge < -0.3 is 15.3 Å². The third-order valence-corrected chi connectivity index (χ3v) is 1.52. The van der Waals surface area contributed by atoms with Crippen molar-refractivity contribution >= 4 is 11.6 Å². The second kappa shape index (κ2) is 3.93. The number of aliphatic hydroxyl groups excluding tert-OH is 2. The van der Waals surface area contributed by atoms with Crippen molar-refractivity contribution in [3.8, 4) is 0 Å². The van der Waals surface area contributed by atoms with Crippen molar-refractivity contribution in [2.45, 2.75) is 17.6 Å². The molecule has 0 rings (SSSR count). The topological polar surface area (TPSA) is 60.7 Å². The van der Waals surface area contributed by atoms with E-state index >= 15 is 0 Å². The Bertz CT molecular complexity index is 114. The lowest BCUT2D eigenvalue weighted by atomic mass is 10.1. The van der Waals surface area contributed by atoms with Gasteiger partial charge in [-0.15, -0.1) is 6.58 Å². The molecule has 0 aliphatic rings. The number of rotatable bonds is 4. The highest BCUT2D eigenvalue weighted by molar-refractivity contribution is 6.23. The molecule has 2 unspecified atom stereocenters. The highest BCUT2D eigenvalue weighted by Crippen LogP contribution is 2.20. The summed E-state index contributed by atoms with van der Waals surface area (Å²) in [5.41, 5.74) is 0. The van der Waals surface area contributed by atoms with Gasteiger partial charge in [0.2, 0.25) is 0 Å². The van der Waals surface area contributed by atoms with Crippen LogP contribution in [0.4, 0.5) is 0 Å². The van der Waals surface area contributed by atoms with Gasteiger partial charge in [-0.1, -0.05) is 17.7 Å². The first-order valence-corrected chi connectivity index (χ1v) is 3.23. The molecule has 60 valence electrons. The number of hydrogen-bond donors (Lipinski definition) is 3. The Morgan fingerprint density at radius 2 is 2.20 bits per heavy atom. The lowest BCUT2D eigenvalue weighted by molar-refractivity contribution is -0.0390. The van der Waals surface area contributed by atoms with E-state index in [1.54, 1.807) is 0 Å². The summed E-state index contributed by atoms with van der Waals surface area (Å²) < 4.78 is 0. The molecule has 0 aromatic carbocycles. The monoisotopic (exact) mass is 166 g/mol. The SMILES string of the molecule is C=CCC(O)(Cl)C(O)CO. The zero-order chi connectivity index (χ0) is 8.20. The molecule has 0 bridgehead atoms. The molecule has 2 atom stereocenters. The number of hydrogen-bond acceptors (Lipinski definition) is 3. The second-order valence-corrected chi connectivity index (χ2v) is 2.66. The fraction of sp³-hybridized carbons (Fsp3) is 0.667. The zero-order valence-corrected chi connectivity index (χ0v) is 6.25. The predicted molar refractivity (Wildman–Crippen MR) is 38.7 cm³/mol. The minimum Gasteiger partial charge on any atom is -0.394 e. The van der Waals surface area contributed by atoms with Crippen LogP contribution in [0.5, 0.6) is 0 Å². The minimum atomic E-state index is -1.78. The second-order valence-electron chi connectivity index (χ2n) is 2.01. The molecule has 0 heterocycles. The Hall–Kier alpha value is -0.0900. The largest absolute Gasteiger partial charge is 0.394 e. The molecule has 4 heteroatoms. The Kier molecular flexibility index (Phi) is 3.89. The molecular formula is C6H11ClO3. The average molecular weight is 167 g/mol. The van der Waals surface area contributed by atoms with Gasteiger partial charge in [-0.2, -0.15) is 0 Å². The molecule has 0 radical (unpaired) electrons. The minimum absolute atomic E-state index is 0.0380. The van der Waals surface area contributed by atoms with E-state index in [0.717, 1.165) is 0 Å². The number of aliphatic hydroxyl groups is 3. The van der Waals surface area contributed by atoms with Crippen LogP contribution in [0.1, 0.15) is 6.42 Å². The summed E-state index contributed by atoms with van der Waals surface area (Å²) >= 11 is 5.36. The average Bonchev–Trinajstić information content (AvgIpc) is 1.86. The van der Waals surface area contributed by atoms with Gasteiger partial charge in [-0.3, -0.25) is 0 Å². The Morgan fingerprint density at radius 1 is 1.70 bits per heavy atom. The van der Waals surface area contributed by atoms with E-state index in [1.807, 2.05) is 0 Å². The van der Waals surface area contributed by atoms with Crippen LogP contribution in [0.15, 0.2) is 12.7 Å². The Morgan fingerprint density at radius 3 is 2.50 bits per heavy atom. The van der Waals surface area contributed by atoms with Crippen LogP contribution in [-0.4, -0.2) is 33.1 Å². The molecule has 0 amide bonds. The first kappa shape index (κ1) is 9.91. The fourth-order valence-electron chi connectivity index (χ4n) is 0.478. The molecule has 3 nitrogen and oxygen atoms in total. The lowest BCUT2D eigenvalue weighted by Crippen LogP contribution is -2.38. The molecule has 0 aliphatic carbocycles. The van der Waals surface area contributed by atoms with Gasteiger partial charge in [-0.05, 0) is 0 Å². The third kappa shape index (κ3) is 2.66. The standard InChI is InChI=1S/C6H11ClO3/c1-2-3-6(7,10)5(9)4-8/h2,5,8-10H,1,3-4H2. The molecule has 0 saturated heterocycles. The van der Waals surface area contributed by atoms with Crippen molar-refractivity contribution in [1.82, 2.24) is 0 Å². The van der Waals surface area contributed by atoms with Gasteiger partial charge in [0.1, 0.15) is 6.10 Å². The number of halogens is 1. The zero-order valence-electron chi connectivity index (χ0n) is 5.50. The van der Waals surface area contributed by atoms with Crippen LogP contribution >= 0.6 is 11.6 Å². The van der Waals surface area contributed by atoms with E-state index in [2.05, 4.69) is 6.58 Å². The highest BCUT2D eigenvalue weighted by atomic mass is 35.5. The van der Waals surface area contributed by atoms with Crippen LogP contribution in [0.25, 0.3) is 0 Å². The predicted octanol–water partition coefficient (Wildman–Crippen LogP) is -0.157. The highest BCUT2D eigenvalue weighted by Gasteiger charge is 2.30. The van der Waals surface area contributed by atoms with Crippen LogP contribution < -0.4 is 0 Å². The molecule has 3 N–H and O–H groups in total. The van der Waals surface area contributed by atoms with Crippen molar-refractivity contribution in [2.24, 2.45) is 0 Å². The molecule has 0 aromatic rings. The van der Waals surface area contributed by atoms with Gasteiger partial charge in [0.15, 0.2) is 5.06 Å². The van der Waals surface area contributed by atoms with Crippen molar-refractivity contribution < 1.29 is 15.3 Å². The maximum Gasteiger partial charge on any atom is 0.170 e. The van der Waals surface area contributed by atoms with Gasteiger partial charge in [0, 0.05) is 6.42 Å². The van der Waals surface area contributed by atoms with E-state index in [4.69, 9.17) is 26.9 Å². The summed E-state index contributed by atoms with van der Waals surface area (Å²) in [6, 6.07) is 0. The van der Waals surface area contributed by atoms with Crippen LogP contribution in [0.2, 0.25) is 0 Å². The molecule has 0 spiro atoms.